The summed E-state index contributed by atoms with van der Waals surface area (Å²) in [6, 6.07) is 9.65. The molecule has 0 unspecified atom stereocenters. The summed E-state index contributed by atoms with van der Waals surface area (Å²) in [6.45, 7) is 1.72. The number of halogens is 1. The van der Waals surface area contributed by atoms with Crippen LogP contribution in [0.2, 0.25) is 0 Å². The molecule has 1 fully saturated rings. The summed E-state index contributed by atoms with van der Waals surface area (Å²) in [5.74, 6) is -1.04. The molecule has 0 aliphatic heterocycles. The molecule has 1 aliphatic rings. The fourth-order valence-corrected chi connectivity index (χ4v) is 4.34. The number of aliphatic hydroxyl groups excluding tert-OH is 1. The molecule has 0 bridgehead atoms. The van der Waals surface area contributed by atoms with Crippen molar-refractivity contribution in [1.82, 2.24) is 5.32 Å². The molecule has 8 heteroatoms. The van der Waals surface area contributed by atoms with E-state index in [1.807, 2.05) is 0 Å². The zero-order valence-corrected chi connectivity index (χ0v) is 16.3. The largest absolute Gasteiger partial charge is 0.393 e. The SMILES string of the molecule is Cc1ccc(S(=O)(=O)Nc2ccccc2F)cc1C(=O)NC1CCC(O)CC1. The van der Waals surface area contributed by atoms with Gasteiger partial charge in [-0.25, -0.2) is 12.8 Å². The average Bonchev–Trinajstić information content (AvgIpc) is 2.65. The van der Waals surface area contributed by atoms with Gasteiger partial charge in [-0.1, -0.05) is 18.2 Å². The van der Waals surface area contributed by atoms with E-state index in [0.29, 0.717) is 31.2 Å². The highest BCUT2D eigenvalue weighted by atomic mass is 32.2. The van der Waals surface area contributed by atoms with Crippen molar-refractivity contribution in [3.63, 3.8) is 0 Å². The topological polar surface area (TPSA) is 95.5 Å². The van der Waals surface area contributed by atoms with Crippen molar-refractivity contribution in [2.45, 2.75) is 49.6 Å². The third kappa shape index (κ3) is 4.69. The second-order valence-electron chi connectivity index (χ2n) is 7.04. The maximum absolute atomic E-state index is 13.8. The first-order valence-electron chi connectivity index (χ1n) is 9.13. The number of hydrogen-bond acceptors (Lipinski definition) is 4. The molecule has 1 amide bonds. The van der Waals surface area contributed by atoms with E-state index < -0.39 is 15.8 Å². The molecule has 0 saturated heterocycles. The first kappa shape index (κ1) is 20.3. The second kappa shape index (κ2) is 8.28. The predicted octanol–water partition coefficient (Wildman–Crippen LogP) is 2.97. The number of rotatable bonds is 5. The minimum Gasteiger partial charge on any atom is -0.393 e. The van der Waals surface area contributed by atoms with Gasteiger partial charge in [0.1, 0.15) is 5.82 Å². The Labute approximate surface area is 163 Å². The molecule has 28 heavy (non-hydrogen) atoms. The zero-order chi connectivity index (χ0) is 20.3. The van der Waals surface area contributed by atoms with E-state index in [2.05, 4.69) is 10.0 Å². The van der Waals surface area contributed by atoms with Gasteiger partial charge in [-0.3, -0.25) is 9.52 Å². The lowest BCUT2D eigenvalue weighted by Crippen LogP contribution is -2.38. The maximum Gasteiger partial charge on any atom is 0.262 e. The summed E-state index contributed by atoms with van der Waals surface area (Å²) in [7, 11) is -4.05. The van der Waals surface area contributed by atoms with Gasteiger partial charge in [-0.15, -0.1) is 0 Å². The number of para-hydroxylation sites is 1. The number of anilines is 1. The normalized spacial score (nSPS) is 19.8. The van der Waals surface area contributed by atoms with Crippen LogP contribution >= 0.6 is 0 Å². The van der Waals surface area contributed by atoms with Gasteiger partial charge in [-0.2, -0.15) is 0 Å². The van der Waals surface area contributed by atoms with Crippen molar-refractivity contribution < 1.29 is 22.7 Å². The van der Waals surface area contributed by atoms with Crippen LogP contribution in [0.3, 0.4) is 0 Å². The summed E-state index contributed by atoms with van der Waals surface area (Å²) in [5.41, 5.74) is 0.732. The van der Waals surface area contributed by atoms with Crippen LogP contribution in [-0.2, 0) is 10.0 Å². The lowest BCUT2D eigenvalue weighted by atomic mass is 9.93. The zero-order valence-electron chi connectivity index (χ0n) is 15.5. The Kier molecular flexibility index (Phi) is 6.00. The van der Waals surface area contributed by atoms with Crippen LogP contribution in [0.25, 0.3) is 0 Å². The van der Waals surface area contributed by atoms with Crippen LogP contribution in [0.4, 0.5) is 10.1 Å². The van der Waals surface area contributed by atoms with Crippen LogP contribution in [0.5, 0.6) is 0 Å². The minimum absolute atomic E-state index is 0.0490. The van der Waals surface area contributed by atoms with Crippen molar-refractivity contribution in [2.75, 3.05) is 4.72 Å². The number of carbonyl (C=O) groups is 1. The molecule has 0 radical (unpaired) electrons. The highest BCUT2D eigenvalue weighted by Gasteiger charge is 2.23. The van der Waals surface area contributed by atoms with E-state index >= 15 is 0 Å². The lowest BCUT2D eigenvalue weighted by Gasteiger charge is -2.26. The van der Waals surface area contributed by atoms with E-state index in [1.54, 1.807) is 13.0 Å². The Hall–Kier alpha value is -2.45. The predicted molar refractivity (Wildman–Crippen MR) is 104 cm³/mol. The molecule has 1 aliphatic carbocycles. The molecule has 3 rings (SSSR count). The van der Waals surface area contributed by atoms with Crippen molar-refractivity contribution in [2.24, 2.45) is 0 Å². The molecule has 0 spiro atoms. The van der Waals surface area contributed by atoms with Crippen molar-refractivity contribution in [3.8, 4) is 0 Å². The van der Waals surface area contributed by atoms with E-state index in [0.717, 1.165) is 6.07 Å². The fourth-order valence-electron chi connectivity index (χ4n) is 3.24. The molecule has 150 valence electrons. The molecule has 2 aromatic carbocycles. The van der Waals surface area contributed by atoms with Gasteiger partial charge < -0.3 is 10.4 Å². The molecule has 0 atom stereocenters. The van der Waals surface area contributed by atoms with Gasteiger partial charge in [0.25, 0.3) is 15.9 Å². The van der Waals surface area contributed by atoms with Crippen molar-refractivity contribution in [1.29, 1.82) is 0 Å². The Morgan fingerprint density at radius 2 is 1.79 bits per heavy atom. The highest BCUT2D eigenvalue weighted by Crippen LogP contribution is 2.22. The Morgan fingerprint density at radius 3 is 2.46 bits per heavy atom. The van der Waals surface area contributed by atoms with Crippen LogP contribution in [0.15, 0.2) is 47.4 Å². The fraction of sp³-hybridized carbons (Fsp3) is 0.350. The van der Waals surface area contributed by atoms with Gasteiger partial charge >= 0.3 is 0 Å². The van der Waals surface area contributed by atoms with Gasteiger partial charge in [0.15, 0.2) is 0 Å². The molecular formula is C20H23FN2O4S. The van der Waals surface area contributed by atoms with E-state index in [4.69, 9.17) is 0 Å². The van der Waals surface area contributed by atoms with Gasteiger partial charge in [0.2, 0.25) is 0 Å². The van der Waals surface area contributed by atoms with Gasteiger partial charge in [0, 0.05) is 11.6 Å². The second-order valence-corrected chi connectivity index (χ2v) is 8.72. The average molecular weight is 406 g/mol. The van der Waals surface area contributed by atoms with Crippen LogP contribution < -0.4 is 10.0 Å². The number of amides is 1. The van der Waals surface area contributed by atoms with Crippen LogP contribution in [0.1, 0.15) is 41.6 Å². The molecule has 6 nitrogen and oxygen atoms in total. The van der Waals surface area contributed by atoms with Crippen molar-refractivity contribution in [3.05, 3.63) is 59.4 Å². The monoisotopic (exact) mass is 406 g/mol. The number of nitrogens with one attached hydrogen (secondary N) is 2. The smallest absolute Gasteiger partial charge is 0.262 e. The van der Waals surface area contributed by atoms with Crippen LogP contribution in [-0.4, -0.2) is 31.6 Å². The van der Waals surface area contributed by atoms with Crippen LogP contribution in [0, 0.1) is 12.7 Å². The Morgan fingerprint density at radius 1 is 1.11 bits per heavy atom. The third-order valence-corrected chi connectivity index (χ3v) is 6.28. The lowest BCUT2D eigenvalue weighted by molar-refractivity contribution is 0.0867. The summed E-state index contributed by atoms with van der Waals surface area (Å²) < 4.78 is 41.3. The number of carbonyl (C=O) groups excluding carboxylic acids is 1. The maximum atomic E-state index is 13.8. The minimum atomic E-state index is -4.05. The summed E-state index contributed by atoms with van der Waals surface area (Å²) >= 11 is 0. The number of aryl methyl sites for hydroxylation is 1. The summed E-state index contributed by atoms with van der Waals surface area (Å²) in [5, 5.41) is 12.5. The standard InChI is InChI=1S/C20H23FN2O4S/c1-13-6-11-16(28(26,27)23-19-5-3-2-4-18(19)21)12-17(13)20(25)22-14-7-9-15(24)10-8-14/h2-6,11-12,14-15,23-24H,7-10H2,1H3,(H,22,25). The first-order valence-corrected chi connectivity index (χ1v) is 10.6. The molecule has 3 N–H and O–H groups in total. The van der Waals surface area contributed by atoms with E-state index in [-0.39, 0.29) is 34.2 Å². The first-order chi connectivity index (χ1) is 13.3. The highest BCUT2D eigenvalue weighted by molar-refractivity contribution is 7.92. The summed E-state index contributed by atoms with van der Waals surface area (Å²) in [4.78, 5) is 12.5. The molecule has 1 saturated carbocycles. The van der Waals surface area contributed by atoms with Gasteiger partial charge in [0.05, 0.1) is 16.7 Å². The number of aliphatic hydroxyl groups is 1. The van der Waals surface area contributed by atoms with Gasteiger partial charge in [-0.05, 0) is 62.4 Å². The molecule has 0 aromatic heterocycles. The Balaban J connectivity index is 1.80. The van der Waals surface area contributed by atoms with Crippen molar-refractivity contribution >= 4 is 21.6 Å². The summed E-state index contributed by atoms with van der Waals surface area (Å²) in [6.07, 6.45) is 2.29. The number of sulfonamides is 1. The quantitative estimate of drug-likeness (QED) is 0.711. The number of hydrogen-bond donors (Lipinski definition) is 3. The Bertz CT molecular complexity index is 970. The molecular weight excluding hydrogens is 383 g/mol. The third-order valence-electron chi connectivity index (χ3n) is 4.91. The number of benzene rings is 2. The van der Waals surface area contributed by atoms with E-state index in [1.165, 1.54) is 30.3 Å². The molecule has 0 heterocycles. The molecule has 2 aromatic rings. The van der Waals surface area contributed by atoms with E-state index in [9.17, 15) is 22.7 Å².